The van der Waals surface area contributed by atoms with Crippen LogP contribution in [0.25, 0.3) is 5.69 Å². The summed E-state index contributed by atoms with van der Waals surface area (Å²) in [7, 11) is -3.39. The fourth-order valence-corrected chi connectivity index (χ4v) is 3.65. The quantitative estimate of drug-likeness (QED) is 0.736. The van der Waals surface area contributed by atoms with Crippen LogP contribution in [0.2, 0.25) is 0 Å². The third-order valence-corrected chi connectivity index (χ3v) is 5.46. The van der Waals surface area contributed by atoms with Gasteiger partial charge in [0.15, 0.2) is 9.84 Å². The summed E-state index contributed by atoms with van der Waals surface area (Å²) in [6.45, 7) is 2.05. The largest absolute Gasteiger partial charge is 0.349 e. The van der Waals surface area contributed by atoms with Crippen molar-refractivity contribution in [1.82, 2.24) is 14.8 Å². The van der Waals surface area contributed by atoms with E-state index in [2.05, 4.69) is 12.0 Å². The number of nitrogens with one attached hydrogen (secondary N) is 1. The Morgan fingerprint density at radius 3 is 2.44 bits per heavy atom. The number of aromatic nitrogens is 3. The van der Waals surface area contributed by atoms with Crippen LogP contribution in [-0.2, 0) is 9.84 Å². The molecular formula is C16H18N4O4S. The molecule has 0 unspecified atom stereocenters. The molecule has 1 aromatic heterocycles. The molecule has 1 aromatic carbocycles. The lowest BCUT2D eigenvalue weighted by Crippen LogP contribution is -2.33. The number of rotatable bonds is 7. The van der Waals surface area contributed by atoms with E-state index in [1.165, 1.54) is 24.3 Å². The minimum Gasteiger partial charge on any atom is -0.270 e. The van der Waals surface area contributed by atoms with Crippen LogP contribution in [-0.4, -0.2) is 28.9 Å². The van der Waals surface area contributed by atoms with E-state index in [4.69, 9.17) is 5.26 Å². The number of aromatic amines is 1. The molecule has 0 spiro atoms. The van der Waals surface area contributed by atoms with Gasteiger partial charge in [-0.3, -0.25) is 9.78 Å². The molecule has 0 fully saturated rings. The van der Waals surface area contributed by atoms with Crippen molar-refractivity contribution < 1.29 is 8.42 Å². The number of benzene rings is 1. The lowest BCUT2D eigenvalue weighted by molar-refractivity contribution is 0.589. The van der Waals surface area contributed by atoms with Crippen LogP contribution in [0, 0.1) is 11.3 Å². The van der Waals surface area contributed by atoms with Crippen molar-refractivity contribution in [3.05, 3.63) is 50.8 Å². The zero-order valence-electron chi connectivity index (χ0n) is 13.7. The highest BCUT2D eigenvalue weighted by molar-refractivity contribution is 7.91. The van der Waals surface area contributed by atoms with E-state index in [1.807, 2.05) is 4.98 Å². The van der Waals surface area contributed by atoms with Gasteiger partial charge in [-0.05, 0) is 30.7 Å². The Balaban J connectivity index is 2.28. The van der Waals surface area contributed by atoms with Gasteiger partial charge in [-0.25, -0.2) is 13.2 Å². The average Bonchev–Trinajstić information content (AvgIpc) is 2.59. The van der Waals surface area contributed by atoms with Crippen molar-refractivity contribution in [2.45, 2.75) is 37.5 Å². The molecule has 0 aliphatic rings. The predicted molar refractivity (Wildman–Crippen MR) is 91.4 cm³/mol. The molecule has 2 rings (SSSR count). The van der Waals surface area contributed by atoms with Gasteiger partial charge >= 0.3 is 5.69 Å². The molecule has 9 heteroatoms. The van der Waals surface area contributed by atoms with Crippen LogP contribution >= 0.6 is 0 Å². The Kier molecular flexibility index (Phi) is 5.88. The van der Waals surface area contributed by atoms with Crippen LogP contribution in [0.3, 0.4) is 0 Å². The summed E-state index contributed by atoms with van der Waals surface area (Å²) in [6.07, 6.45) is 3.49. The third kappa shape index (κ3) is 4.42. The van der Waals surface area contributed by atoms with Crippen molar-refractivity contribution in [1.29, 1.82) is 5.26 Å². The van der Waals surface area contributed by atoms with Gasteiger partial charge in [0, 0.05) is 0 Å². The Labute approximate surface area is 144 Å². The fourth-order valence-electron chi connectivity index (χ4n) is 2.28. The molecule has 25 heavy (non-hydrogen) atoms. The van der Waals surface area contributed by atoms with E-state index in [-0.39, 0.29) is 16.3 Å². The first-order valence-corrected chi connectivity index (χ1v) is 9.51. The number of nitriles is 1. The number of unbranched alkanes of at least 4 members (excludes halogenated alkanes) is 3. The van der Waals surface area contributed by atoms with Gasteiger partial charge in [0.05, 0.1) is 16.3 Å². The van der Waals surface area contributed by atoms with Gasteiger partial charge in [0.25, 0.3) is 5.56 Å². The van der Waals surface area contributed by atoms with E-state index in [1.54, 1.807) is 6.07 Å². The zero-order valence-corrected chi connectivity index (χ0v) is 14.5. The number of nitrogens with zero attached hydrogens (tertiary/aromatic N) is 3. The van der Waals surface area contributed by atoms with E-state index in [0.29, 0.717) is 6.42 Å². The highest BCUT2D eigenvalue weighted by atomic mass is 32.2. The van der Waals surface area contributed by atoms with Crippen LogP contribution in [0.15, 0.2) is 38.8 Å². The molecule has 132 valence electrons. The second kappa shape index (κ2) is 7.90. The van der Waals surface area contributed by atoms with Gasteiger partial charge in [-0.15, -0.1) is 5.10 Å². The van der Waals surface area contributed by atoms with E-state index in [0.717, 1.165) is 23.9 Å². The van der Waals surface area contributed by atoms with Crippen molar-refractivity contribution in [2.75, 3.05) is 5.75 Å². The predicted octanol–water partition coefficient (Wildman–Crippen LogP) is 1.15. The number of sulfone groups is 1. The molecule has 0 bridgehead atoms. The summed E-state index contributed by atoms with van der Waals surface area (Å²) in [6, 6.07) is 7.18. The second-order valence-corrected chi connectivity index (χ2v) is 7.61. The van der Waals surface area contributed by atoms with Crippen molar-refractivity contribution in [2.24, 2.45) is 0 Å². The first kappa shape index (κ1) is 18.6. The van der Waals surface area contributed by atoms with E-state index >= 15 is 0 Å². The Morgan fingerprint density at radius 1 is 1.16 bits per heavy atom. The lowest BCUT2D eigenvalue weighted by atomic mass is 10.2. The third-order valence-electron chi connectivity index (χ3n) is 3.64. The summed E-state index contributed by atoms with van der Waals surface area (Å²) in [5.74, 6) is 0.0712. The Hall–Kier alpha value is -2.73. The number of H-pyrrole nitrogens is 1. The maximum atomic E-state index is 12.3. The standard InChI is InChI=1S/C16H18N4O4S/c1-2-3-4-5-10-25(23,24)13-8-6-12(7-9-13)20-16(22)18-15(21)14(11-17)19-20/h6-9H,2-5,10H2,1H3,(H,18,21,22). The highest BCUT2D eigenvalue weighted by Crippen LogP contribution is 2.15. The van der Waals surface area contributed by atoms with Crippen LogP contribution < -0.4 is 11.2 Å². The average molecular weight is 362 g/mol. The molecule has 0 saturated carbocycles. The normalized spacial score (nSPS) is 11.2. The fraction of sp³-hybridized carbons (Fsp3) is 0.375. The summed E-state index contributed by atoms with van der Waals surface area (Å²) < 4.78 is 25.4. The minimum absolute atomic E-state index is 0.0712. The lowest BCUT2D eigenvalue weighted by Gasteiger charge is -2.07. The molecular weight excluding hydrogens is 344 g/mol. The van der Waals surface area contributed by atoms with Gasteiger partial charge < -0.3 is 0 Å². The minimum atomic E-state index is -3.39. The first-order valence-electron chi connectivity index (χ1n) is 7.86. The van der Waals surface area contributed by atoms with Gasteiger partial charge in [0.1, 0.15) is 6.07 Å². The van der Waals surface area contributed by atoms with Crippen molar-refractivity contribution in [3.8, 4) is 11.8 Å². The maximum Gasteiger partial charge on any atom is 0.349 e. The maximum absolute atomic E-state index is 12.3. The summed E-state index contributed by atoms with van der Waals surface area (Å²) in [5, 5.41) is 12.5. The molecule has 1 heterocycles. The smallest absolute Gasteiger partial charge is 0.270 e. The molecule has 8 nitrogen and oxygen atoms in total. The topological polar surface area (TPSA) is 126 Å². The molecule has 0 amide bonds. The van der Waals surface area contributed by atoms with Crippen LogP contribution in [0.5, 0.6) is 0 Å². The summed E-state index contributed by atoms with van der Waals surface area (Å²) >= 11 is 0. The zero-order chi connectivity index (χ0) is 18.4. The molecule has 0 saturated heterocycles. The van der Waals surface area contributed by atoms with Gasteiger partial charge in [-0.1, -0.05) is 26.2 Å². The SMILES string of the molecule is CCCCCCS(=O)(=O)c1ccc(-n2nc(C#N)c(=O)[nH]c2=O)cc1. The molecule has 0 radical (unpaired) electrons. The van der Waals surface area contributed by atoms with E-state index in [9.17, 15) is 18.0 Å². The number of hydrogen-bond donors (Lipinski definition) is 1. The van der Waals surface area contributed by atoms with Crippen molar-refractivity contribution >= 4 is 9.84 Å². The molecule has 1 N–H and O–H groups in total. The highest BCUT2D eigenvalue weighted by Gasteiger charge is 2.15. The molecule has 0 atom stereocenters. The first-order chi connectivity index (χ1) is 11.9. The van der Waals surface area contributed by atoms with Gasteiger partial charge in [0.2, 0.25) is 5.69 Å². The molecule has 0 aliphatic heterocycles. The summed E-state index contributed by atoms with van der Waals surface area (Å²) in [5.41, 5.74) is -1.87. The monoisotopic (exact) mass is 362 g/mol. The molecule has 0 aliphatic carbocycles. The Morgan fingerprint density at radius 2 is 1.84 bits per heavy atom. The van der Waals surface area contributed by atoms with Gasteiger partial charge in [-0.2, -0.15) is 9.94 Å². The van der Waals surface area contributed by atoms with E-state index < -0.39 is 26.8 Å². The number of hydrogen-bond acceptors (Lipinski definition) is 6. The van der Waals surface area contributed by atoms with Crippen LogP contribution in [0.1, 0.15) is 38.3 Å². The van der Waals surface area contributed by atoms with Crippen LogP contribution in [0.4, 0.5) is 0 Å². The molecule has 2 aromatic rings. The summed E-state index contributed by atoms with van der Waals surface area (Å²) in [4.78, 5) is 25.3. The Bertz CT molecular complexity index is 998. The second-order valence-electron chi connectivity index (χ2n) is 5.50. The van der Waals surface area contributed by atoms with Crippen molar-refractivity contribution in [3.63, 3.8) is 0 Å².